The van der Waals surface area contributed by atoms with Gasteiger partial charge < -0.3 is 39.4 Å². The second-order valence-corrected chi connectivity index (χ2v) is 11.6. The Morgan fingerprint density at radius 2 is 1.71 bits per heavy atom. The van der Waals surface area contributed by atoms with Crippen molar-refractivity contribution in [3.05, 3.63) is 39.4 Å². The molecule has 4 N–H and O–H groups in total. The Morgan fingerprint density at radius 3 is 2.42 bits per heavy atom. The minimum Gasteiger partial charge on any atom is -0.508 e. The summed E-state index contributed by atoms with van der Waals surface area (Å²) < 4.78 is 25.5. The first-order valence-corrected chi connectivity index (χ1v) is 13.2. The van der Waals surface area contributed by atoms with Crippen LogP contribution in [-0.4, -0.2) is 56.6 Å². The average molecular weight is 527 g/mol. The lowest BCUT2D eigenvalue weighted by molar-refractivity contribution is -0.244. The van der Waals surface area contributed by atoms with Crippen LogP contribution in [0.5, 0.6) is 28.7 Å². The molecule has 2 aromatic rings. The van der Waals surface area contributed by atoms with E-state index < -0.39 is 17.7 Å². The van der Waals surface area contributed by atoms with Gasteiger partial charge in [-0.2, -0.15) is 0 Å². The highest BCUT2D eigenvalue weighted by Crippen LogP contribution is 2.59. The molecule has 1 spiro atoms. The van der Waals surface area contributed by atoms with E-state index in [0.717, 1.165) is 11.1 Å². The monoisotopic (exact) mass is 526 g/mol. The van der Waals surface area contributed by atoms with Gasteiger partial charge in [-0.15, -0.1) is 0 Å². The van der Waals surface area contributed by atoms with Gasteiger partial charge in [0.15, 0.2) is 17.8 Å². The summed E-state index contributed by atoms with van der Waals surface area (Å²) >= 11 is 0. The maximum Gasteiger partial charge on any atom is 0.217 e. The summed E-state index contributed by atoms with van der Waals surface area (Å²) in [6.07, 6.45) is 2.18. The predicted molar refractivity (Wildman–Crippen MR) is 135 cm³/mol. The molecule has 0 unspecified atom stereocenters. The van der Waals surface area contributed by atoms with Crippen LogP contribution >= 0.6 is 0 Å². The summed E-state index contributed by atoms with van der Waals surface area (Å²) in [4.78, 5) is 11.9. The van der Waals surface area contributed by atoms with Crippen molar-refractivity contribution < 1.29 is 44.2 Å². The van der Waals surface area contributed by atoms with Crippen molar-refractivity contribution in [3.8, 4) is 28.7 Å². The molecule has 2 aromatic carbocycles. The van der Waals surface area contributed by atoms with Gasteiger partial charge in [0, 0.05) is 47.9 Å². The Kier molecular flexibility index (Phi) is 5.65. The number of benzene rings is 2. The molecule has 0 saturated carbocycles. The molecular formula is C29H34O9. The molecule has 2 saturated heterocycles. The van der Waals surface area contributed by atoms with Crippen molar-refractivity contribution in [2.45, 2.75) is 102 Å². The molecular weight excluding hydrogens is 492 g/mol. The number of hydrogen-bond acceptors (Lipinski definition) is 9. The minimum atomic E-state index is -1.17. The topological polar surface area (TPSA) is 135 Å². The number of phenolic OH excluding ortho intramolecular Hbond substituents is 3. The summed E-state index contributed by atoms with van der Waals surface area (Å²) in [6.45, 7) is 7.18. The van der Waals surface area contributed by atoms with Gasteiger partial charge in [-0.1, -0.05) is 0 Å². The molecule has 0 aliphatic carbocycles. The van der Waals surface area contributed by atoms with Gasteiger partial charge in [0.05, 0.1) is 23.9 Å². The van der Waals surface area contributed by atoms with Crippen molar-refractivity contribution >= 4 is 6.29 Å². The number of aliphatic hydroxyl groups is 1. The van der Waals surface area contributed by atoms with Crippen molar-refractivity contribution in [2.24, 2.45) is 0 Å². The lowest BCUT2D eigenvalue weighted by Gasteiger charge is -2.49. The first kappa shape index (κ1) is 25.3. The van der Waals surface area contributed by atoms with E-state index in [0.29, 0.717) is 61.0 Å². The third-order valence-corrected chi connectivity index (χ3v) is 8.57. The molecule has 0 amide bonds. The van der Waals surface area contributed by atoms with E-state index in [-0.39, 0.29) is 52.9 Å². The summed E-state index contributed by atoms with van der Waals surface area (Å²) in [7, 11) is 0. The number of aldehydes is 1. The van der Waals surface area contributed by atoms with Crippen LogP contribution in [0.15, 0.2) is 6.07 Å². The number of ether oxygens (including phenoxy) is 4. The molecule has 0 aromatic heterocycles. The van der Waals surface area contributed by atoms with Crippen LogP contribution in [0.2, 0.25) is 0 Å². The molecule has 6 rings (SSSR count). The van der Waals surface area contributed by atoms with Crippen LogP contribution < -0.4 is 9.47 Å². The second kappa shape index (κ2) is 8.49. The third-order valence-electron chi connectivity index (χ3n) is 8.57. The number of rotatable bonds is 3. The first-order valence-electron chi connectivity index (χ1n) is 13.2. The highest BCUT2D eigenvalue weighted by Gasteiger charge is 2.54. The van der Waals surface area contributed by atoms with Crippen molar-refractivity contribution in [3.63, 3.8) is 0 Å². The fraction of sp³-hybridized carbons (Fsp3) is 0.552. The highest BCUT2D eigenvalue weighted by molar-refractivity contribution is 5.83. The molecule has 9 nitrogen and oxygen atoms in total. The average Bonchev–Trinajstić information content (AvgIpc) is 3.17. The fourth-order valence-electron chi connectivity index (χ4n) is 7.03. The van der Waals surface area contributed by atoms with Crippen molar-refractivity contribution in [2.75, 3.05) is 0 Å². The molecule has 4 heterocycles. The molecule has 6 atom stereocenters. The highest BCUT2D eigenvalue weighted by atomic mass is 16.7. The summed E-state index contributed by atoms with van der Waals surface area (Å²) in [5.74, 6) is -1.72. The molecule has 2 bridgehead atoms. The van der Waals surface area contributed by atoms with Gasteiger partial charge in [-0.05, 0) is 58.1 Å². The maximum absolute atomic E-state index is 11.9. The van der Waals surface area contributed by atoms with E-state index in [1.807, 2.05) is 13.8 Å². The van der Waals surface area contributed by atoms with Crippen LogP contribution in [0.4, 0.5) is 0 Å². The van der Waals surface area contributed by atoms with Gasteiger partial charge in [0.2, 0.25) is 11.6 Å². The van der Waals surface area contributed by atoms with E-state index >= 15 is 0 Å². The standard InChI is InChI=1S/C29H34O9/c1-13-5-18-9-28(35-13,8-17-7-22(32)15(3)24(33)21(17)12-30)37-26-16(4)25(34)27-20(23(18)26)11-29(38-27)10-19(31)6-14(2)36-29/h7,12-14,18-19,31-34H,5-6,8-11H2,1-4H3/t13-,14-,18+,19-,28-,29+/m0/s1. The zero-order chi connectivity index (χ0) is 27.1. The van der Waals surface area contributed by atoms with Crippen LogP contribution in [0.3, 0.4) is 0 Å². The predicted octanol–water partition coefficient (Wildman–Crippen LogP) is 4.04. The Morgan fingerprint density at radius 1 is 0.974 bits per heavy atom. The van der Waals surface area contributed by atoms with E-state index in [9.17, 15) is 25.2 Å². The molecule has 0 radical (unpaired) electrons. The molecule has 9 heteroatoms. The molecule has 4 aliphatic rings. The summed E-state index contributed by atoms with van der Waals surface area (Å²) in [6, 6.07) is 1.47. The Bertz CT molecular complexity index is 1320. The smallest absolute Gasteiger partial charge is 0.217 e. The number of carbonyl (C=O) groups excluding carboxylic acids is 1. The minimum absolute atomic E-state index is 0.00700. The van der Waals surface area contributed by atoms with Gasteiger partial charge in [-0.3, -0.25) is 4.79 Å². The Balaban J connectivity index is 1.44. The normalized spacial score (nSPS) is 33.3. The lowest BCUT2D eigenvalue weighted by atomic mass is 9.76. The van der Waals surface area contributed by atoms with Crippen LogP contribution in [-0.2, 0) is 22.3 Å². The van der Waals surface area contributed by atoms with E-state index in [1.165, 1.54) is 6.07 Å². The number of phenols is 3. The first-order chi connectivity index (χ1) is 17.9. The van der Waals surface area contributed by atoms with Crippen molar-refractivity contribution in [1.82, 2.24) is 0 Å². The zero-order valence-electron chi connectivity index (χ0n) is 22.0. The number of aromatic hydroxyl groups is 3. The largest absolute Gasteiger partial charge is 0.508 e. The Labute approximate surface area is 220 Å². The summed E-state index contributed by atoms with van der Waals surface area (Å²) in [5.41, 5.74) is 3.04. The van der Waals surface area contributed by atoms with Gasteiger partial charge in [0.25, 0.3) is 0 Å². The SMILES string of the molecule is Cc1c(O)cc(C[C@]23C[C@@H](C[C@H](C)O2)c2c4c(c(O)c(C)c2O3)O[C@@]2(C4)C[C@@H](O)C[C@H](C)O2)c(C=O)c1O. The van der Waals surface area contributed by atoms with Crippen LogP contribution in [0, 0.1) is 13.8 Å². The molecule has 4 aliphatic heterocycles. The van der Waals surface area contributed by atoms with Crippen molar-refractivity contribution in [1.29, 1.82) is 0 Å². The number of carbonyl (C=O) groups is 1. The molecule has 38 heavy (non-hydrogen) atoms. The number of hydrogen-bond donors (Lipinski definition) is 4. The zero-order valence-corrected chi connectivity index (χ0v) is 22.0. The number of fused-ring (bicyclic) bond motifs is 6. The van der Waals surface area contributed by atoms with Crippen LogP contribution in [0.25, 0.3) is 0 Å². The van der Waals surface area contributed by atoms with Crippen LogP contribution in [0.1, 0.15) is 83.6 Å². The van der Waals surface area contributed by atoms with Gasteiger partial charge in [0.1, 0.15) is 17.2 Å². The number of aliphatic hydroxyl groups excluding tert-OH is 1. The summed E-state index contributed by atoms with van der Waals surface area (Å²) in [5, 5.41) is 42.6. The Hall–Kier alpha value is -3.01. The maximum atomic E-state index is 11.9. The van der Waals surface area contributed by atoms with Gasteiger partial charge >= 0.3 is 0 Å². The van der Waals surface area contributed by atoms with E-state index in [4.69, 9.17) is 18.9 Å². The van der Waals surface area contributed by atoms with Gasteiger partial charge in [-0.25, -0.2) is 0 Å². The second-order valence-electron chi connectivity index (χ2n) is 11.6. The quantitative estimate of drug-likeness (QED) is 0.437. The fourth-order valence-corrected chi connectivity index (χ4v) is 7.03. The molecule has 2 fully saturated rings. The lowest BCUT2D eigenvalue weighted by Crippen LogP contribution is -2.52. The molecule has 204 valence electrons. The van der Waals surface area contributed by atoms with E-state index in [1.54, 1.807) is 13.8 Å². The third kappa shape index (κ3) is 3.74. The van der Waals surface area contributed by atoms with E-state index in [2.05, 4.69) is 0 Å².